The molecule has 1 rings (SSSR count). The molecule has 0 amide bonds. The molecule has 0 aliphatic rings. The van der Waals surface area contributed by atoms with Crippen molar-refractivity contribution in [2.24, 2.45) is 0 Å². The summed E-state index contributed by atoms with van der Waals surface area (Å²) in [5, 5.41) is 16.8. The molecule has 0 unspecified atom stereocenters. The van der Waals surface area contributed by atoms with E-state index in [1.165, 1.54) is 6.20 Å². The summed E-state index contributed by atoms with van der Waals surface area (Å²) in [7, 11) is -1.30. The Morgan fingerprint density at radius 3 is 2.90 bits per heavy atom. The van der Waals surface area contributed by atoms with Crippen molar-refractivity contribution >= 4 is 12.6 Å². The minimum atomic E-state index is -1.30. The van der Waals surface area contributed by atoms with E-state index in [-0.39, 0.29) is 0 Å². The molecule has 0 saturated carbocycles. The van der Waals surface area contributed by atoms with Crippen molar-refractivity contribution in [3.05, 3.63) is 24.5 Å². The Morgan fingerprint density at radius 2 is 2.40 bits per heavy atom. The third-order valence-corrected chi connectivity index (χ3v) is 1.07. The molecule has 5 heteroatoms. The fourth-order valence-electron chi connectivity index (χ4n) is 0.583. The van der Waals surface area contributed by atoms with Gasteiger partial charge in [0.25, 0.3) is 0 Å². The summed E-state index contributed by atoms with van der Waals surface area (Å²) >= 11 is 0. The number of rotatable bonds is 2. The van der Waals surface area contributed by atoms with Gasteiger partial charge in [-0.1, -0.05) is 6.07 Å². The van der Waals surface area contributed by atoms with Gasteiger partial charge in [0.15, 0.2) is 0 Å². The molecule has 0 bridgehead atoms. The smallest absolute Gasteiger partial charge is 0.422 e. The molecule has 10 heavy (non-hydrogen) atoms. The second-order valence-electron chi connectivity index (χ2n) is 1.74. The Bertz CT molecular complexity index is 193. The van der Waals surface area contributed by atoms with Crippen LogP contribution in [0.5, 0.6) is 0 Å². The van der Waals surface area contributed by atoms with E-state index in [0.29, 0.717) is 5.46 Å². The average Bonchev–Trinajstić information content (AvgIpc) is 2.05. The van der Waals surface area contributed by atoms with Gasteiger partial charge in [0.1, 0.15) is 0 Å². The first-order chi connectivity index (χ1) is 4.84. The molecule has 0 aromatic carbocycles. The monoisotopic (exact) mass is 139 g/mol. The van der Waals surface area contributed by atoms with E-state index in [9.17, 15) is 0 Å². The molecule has 2 N–H and O–H groups in total. The second-order valence-corrected chi connectivity index (χ2v) is 1.74. The van der Waals surface area contributed by atoms with Crippen LogP contribution >= 0.6 is 0 Å². The lowest BCUT2D eigenvalue weighted by atomic mass is 9.82. The zero-order chi connectivity index (χ0) is 7.40. The van der Waals surface area contributed by atoms with Gasteiger partial charge in [-0.05, 0) is 6.07 Å². The summed E-state index contributed by atoms with van der Waals surface area (Å²) in [6.07, 6.45) is 2.97. The van der Waals surface area contributed by atoms with Crippen LogP contribution in [-0.4, -0.2) is 22.4 Å². The minimum absolute atomic E-state index is 0.421. The minimum Gasteiger partial charge on any atom is -0.422 e. The maximum absolute atomic E-state index is 8.82. The summed E-state index contributed by atoms with van der Waals surface area (Å²) < 4.78 is 0. The molecular formula is C5H6BNO3. The quantitative estimate of drug-likeness (QED) is 0.321. The number of hydrogen-bond acceptors (Lipinski definition) is 4. The van der Waals surface area contributed by atoms with Crippen LogP contribution in [0.15, 0.2) is 24.5 Å². The maximum Gasteiger partial charge on any atom is 0.524 e. The number of hydrogen-bond donors (Lipinski definition) is 2. The summed E-state index contributed by atoms with van der Waals surface area (Å²) in [6, 6.07) is 3.23. The topological polar surface area (TPSA) is 62.6 Å². The predicted octanol–water partition coefficient (Wildman–Crippen LogP) is -0.741. The largest absolute Gasteiger partial charge is 0.524 e. The van der Waals surface area contributed by atoms with Crippen LogP contribution in [0.4, 0.5) is 0 Å². The normalized spacial score (nSPS) is 9.40. The van der Waals surface area contributed by atoms with E-state index >= 15 is 0 Å². The van der Waals surface area contributed by atoms with E-state index in [1.54, 1.807) is 18.3 Å². The van der Waals surface area contributed by atoms with Gasteiger partial charge in [-0.3, -0.25) is 15.0 Å². The highest BCUT2D eigenvalue weighted by Gasteiger charge is 2.15. The van der Waals surface area contributed by atoms with E-state index in [0.717, 1.165) is 0 Å². The lowest BCUT2D eigenvalue weighted by Crippen LogP contribution is -2.32. The molecule has 0 radical (unpaired) electrons. The van der Waals surface area contributed by atoms with Gasteiger partial charge in [-0.25, -0.2) is 0 Å². The molecule has 52 valence electrons. The summed E-state index contributed by atoms with van der Waals surface area (Å²) in [5.74, 6) is 0. The van der Waals surface area contributed by atoms with Crippen molar-refractivity contribution in [1.82, 2.24) is 4.98 Å². The fourth-order valence-corrected chi connectivity index (χ4v) is 0.583. The van der Waals surface area contributed by atoms with Crippen LogP contribution < -0.4 is 5.46 Å². The SMILES string of the molecule is OOB(O)c1cccnc1. The number of nitrogens with zero attached hydrogens (tertiary/aromatic N) is 1. The highest BCUT2D eigenvalue weighted by molar-refractivity contribution is 6.59. The first-order valence-corrected chi connectivity index (χ1v) is 2.73. The van der Waals surface area contributed by atoms with Crippen molar-refractivity contribution in [1.29, 1.82) is 0 Å². The number of pyridine rings is 1. The summed E-state index contributed by atoms with van der Waals surface area (Å²) in [6.45, 7) is 0. The lowest BCUT2D eigenvalue weighted by molar-refractivity contribution is -0.154. The van der Waals surface area contributed by atoms with Crippen molar-refractivity contribution in [2.45, 2.75) is 0 Å². The molecule has 1 aromatic rings. The molecule has 0 spiro atoms. The van der Waals surface area contributed by atoms with E-state index in [2.05, 4.69) is 9.79 Å². The first kappa shape index (κ1) is 7.20. The van der Waals surface area contributed by atoms with Crippen LogP contribution in [0.1, 0.15) is 0 Å². The molecule has 0 aliphatic heterocycles. The molecule has 0 saturated heterocycles. The third-order valence-electron chi connectivity index (χ3n) is 1.07. The second kappa shape index (κ2) is 3.31. The standard InChI is InChI=1S/C5H6BNO3/c8-6(10-9)5-2-1-3-7-4-5/h1-4,8-9H. The van der Waals surface area contributed by atoms with Crippen LogP contribution in [0.25, 0.3) is 0 Å². The van der Waals surface area contributed by atoms with E-state index < -0.39 is 7.12 Å². The highest BCUT2D eigenvalue weighted by Crippen LogP contribution is 1.81. The molecule has 0 fully saturated rings. The van der Waals surface area contributed by atoms with E-state index in [1.807, 2.05) is 0 Å². The van der Waals surface area contributed by atoms with Gasteiger partial charge < -0.3 is 5.02 Å². The zero-order valence-electron chi connectivity index (χ0n) is 5.14. The van der Waals surface area contributed by atoms with E-state index in [4.69, 9.17) is 10.3 Å². The Morgan fingerprint density at radius 1 is 1.60 bits per heavy atom. The Kier molecular flexibility index (Phi) is 2.38. The summed E-state index contributed by atoms with van der Waals surface area (Å²) in [4.78, 5) is 7.35. The van der Waals surface area contributed by atoms with Gasteiger partial charge in [0, 0.05) is 17.9 Å². The van der Waals surface area contributed by atoms with Crippen molar-refractivity contribution < 1.29 is 15.1 Å². The fraction of sp³-hybridized carbons (Fsp3) is 0. The maximum atomic E-state index is 8.82. The van der Waals surface area contributed by atoms with Gasteiger partial charge in [-0.15, -0.1) is 0 Å². The van der Waals surface area contributed by atoms with Crippen molar-refractivity contribution in [3.63, 3.8) is 0 Å². The van der Waals surface area contributed by atoms with Crippen molar-refractivity contribution in [3.8, 4) is 0 Å². The lowest BCUT2D eigenvalue weighted by Gasteiger charge is -1.98. The molecule has 0 atom stereocenters. The number of aromatic nitrogens is 1. The Balaban J connectivity index is 2.75. The van der Waals surface area contributed by atoms with Gasteiger partial charge in [0.2, 0.25) is 0 Å². The molecule has 1 heterocycles. The van der Waals surface area contributed by atoms with Crippen LogP contribution in [0.2, 0.25) is 0 Å². The van der Waals surface area contributed by atoms with Crippen LogP contribution in [0, 0.1) is 0 Å². The highest BCUT2D eigenvalue weighted by atomic mass is 17.1. The molecule has 4 nitrogen and oxygen atoms in total. The van der Waals surface area contributed by atoms with Crippen LogP contribution in [0.3, 0.4) is 0 Å². The average molecular weight is 139 g/mol. The third kappa shape index (κ3) is 1.54. The van der Waals surface area contributed by atoms with Gasteiger partial charge in [-0.2, -0.15) is 0 Å². The molecule has 0 aliphatic carbocycles. The zero-order valence-corrected chi connectivity index (χ0v) is 5.14. The van der Waals surface area contributed by atoms with Gasteiger partial charge in [0.05, 0.1) is 0 Å². The van der Waals surface area contributed by atoms with Crippen molar-refractivity contribution in [2.75, 3.05) is 0 Å². The summed E-state index contributed by atoms with van der Waals surface area (Å²) in [5.41, 5.74) is 0.421. The Hall–Kier alpha value is -0.905. The molecular weight excluding hydrogens is 133 g/mol. The van der Waals surface area contributed by atoms with Crippen LogP contribution in [-0.2, 0) is 4.81 Å². The Labute approximate surface area is 58.2 Å². The molecule has 1 aromatic heterocycles. The first-order valence-electron chi connectivity index (χ1n) is 2.73. The van der Waals surface area contributed by atoms with Gasteiger partial charge >= 0.3 is 7.12 Å². The predicted molar refractivity (Wildman–Crippen MR) is 35.6 cm³/mol.